The second-order valence-corrected chi connectivity index (χ2v) is 5.98. The molecule has 0 unspecified atom stereocenters. The maximum atomic E-state index is 12.6. The molecule has 0 fully saturated rings. The molecule has 0 saturated carbocycles. The van der Waals surface area contributed by atoms with Gasteiger partial charge < -0.3 is 24.3 Å². The number of nitrogens with zero attached hydrogens (tertiary/aromatic N) is 1. The van der Waals surface area contributed by atoms with E-state index in [0.29, 0.717) is 11.4 Å². The van der Waals surface area contributed by atoms with Crippen LogP contribution >= 0.6 is 0 Å². The molecule has 30 heavy (non-hydrogen) atoms. The van der Waals surface area contributed by atoms with E-state index >= 15 is 0 Å². The quantitative estimate of drug-likeness (QED) is 0.374. The van der Waals surface area contributed by atoms with Crippen LogP contribution in [0.5, 0.6) is 17.2 Å². The molecular weight excluding hydrogens is 396 g/mol. The predicted molar refractivity (Wildman–Crippen MR) is 107 cm³/mol. The molecule has 1 atom stereocenters. The van der Waals surface area contributed by atoms with Gasteiger partial charge in [0.1, 0.15) is 11.3 Å². The fraction of sp³-hybridized carbons (Fsp3) is 0.300. The van der Waals surface area contributed by atoms with Crippen LogP contribution in [0.3, 0.4) is 0 Å². The Morgan fingerprint density at radius 1 is 1.10 bits per heavy atom. The lowest BCUT2D eigenvalue weighted by atomic mass is 10.1. The molecule has 2 aromatic rings. The van der Waals surface area contributed by atoms with Crippen LogP contribution < -0.4 is 19.5 Å². The summed E-state index contributed by atoms with van der Waals surface area (Å²) < 4.78 is 20.6. The largest absolute Gasteiger partial charge is 0.497 e. The molecule has 0 aromatic heterocycles. The highest BCUT2D eigenvalue weighted by Gasteiger charge is 2.28. The van der Waals surface area contributed by atoms with Gasteiger partial charge in [0.2, 0.25) is 0 Å². The maximum absolute atomic E-state index is 12.6. The van der Waals surface area contributed by atoms with Crippen LogP contribution in [-0.4, -0.2) is 43.7 Å². The molecule has 10 nitrogen and oxygen atoms in total. The summed E-state index contributed by atoms with van der Waals surface area (Å²) in [6.07, 6.45) is -1.21. The summed E-state index contributed by atoms with van der Waals surface area (Å²) in [5.41, 5.74) is -0.408. The molecule has 0 aliphatic rings. The van der Waals surface area contributed by atoms with Crippen molar-refractivity contribution < 1.29 is 33.5 Å². The van der Waals surface area contributed by atoms with E-state index in [9.17, 15) is 19.7 Å². The highest BCUT2D eigenvalue weighted by atomic mass is 16.6. The van der Waals surface area contributed by atoms with Gasteiger partial charge in [-0.2, -0.15) is 0 Å². The van der Waals surface area contributed by atoms with Crippen LogP contribution in [-0.2, 0) is 9.53 Å². The number of nitrogens with one attached hydrogen (secondary N) is 1. The molecule has 1 N–H and O–H groups in total. The number of hydrogen-bond acceptors (Lipinski definition) is 8. The first-order valence-electron chi connectivity index (χ1n) is 8.95. The summed E-state index contributed by atoms with van der Waals surface area (Å²) in [4.78, 5) is 35.5. The first-order valence-corrected chi connectivity index (χ1v) is 8.95. The van der Waals surface area contributed by atoms with E-state index < -0.39 is 28.6 Å². The third kappa shape index (κ3) is 5.37. The Morgan fingerprint density at radius 2 is 1.77 bits per heavy atom. The second-order valence-electron chi connectivity index (χ2n) is 5.98. The lowest BCUT2D eigenvalue weighted by Gasteiger charge is -2.15. The predicted octanol–water partition coefficient (Wildman–Crippen LogP) is 3.19. The topological polar surface area (TPSA) is 126 Å². The second kappa shape index (κ2) is 10.1. The van der Waals surface area contributed by atoms with Crippen molar-refractivity contribution in [2.24, 2.45) is 0 Å². The van der Waals surface area contributed by atoms with Crippen LogP contribution in [0.1, 0.15) is 24.2 Å². The highest BCUT2D eigenvalue weighted by molar-refractivity contribution is 5.99. The Morgan fingerprint density at radius 3 is 2.30 bits per heavy atom. The SMILES string of the molecule is CCOc1cc(C(=O)O[C@H](C)C(=O)Nc2ccc(OC)cc2)c([N+](=O)[O-])cc1OC. The van der Waals surface area contributed by atoms with Crippen LogP contribution in [0.15, 0.2) is 36.4 Å². The van der Waals surface area contributed by atoms with Crippen LogP contribution in [0.2, 0.25) is 0 Å². The van der Waals surface area contributed by atoms with Crippen LogP contribution in [0.25, 0.3) is 0 Å². The van der Waals surface area contributed by atoms with Crippen molar-refractivity contribution in [2.75, 3.05) is 26.1 Å². The minimum absolute atomic E-state index is 0.102. The van der Waals surface area contributed by atoms with Crippen molar-refractivity contribution in [3.63, 3.8) is 0 Å². The molecule has 0 heterocycles. The van der Waals surface area contributed by atoms with Crippen LogP contribution in [0.4, 0.5) is 11.4 Å². The van der Waals surface area contributed by atoms with Gasteiger partial charge >= 0.3 is 5.97 Å². The molecule has 2 rings (SSSR count). The number of nitro groups is 1. The van der Waals surface area contributed by atoms with Gasteiger partial charge in [0, 0.05) is 11.8 Å². The summed E-state index contributed by atoms with van der Waals surface area (Å²) >= 11 is 0. The zero-order chi connectivity index (χ0) is 22.3. The molecule has 0 aliphatic heterocycles. The number of amides is 1. The fourth-order valence-electron chi connectivity index (χ4n) is 2.49. The Bertz CT molecular complexity index is 927. The first-order chi connectivity index (χ1) is 14.3. The zero-order valence-corrected chi connectivity index (χ0v) is 17.0. The van der Waals surface area contributed by atoms with Gasteiger partial charge in [0.25, 0.3) is 11.6 Å². The summed E-state index contributed by atoms with van der Waals surface area (Å²) in [5, 5.41) is 14.0. The minimum Gasteiger partial charge on any atom is -0.497 e. The van der Waals surface area contributed by atoms with E-state index in [0.717, 1.165) is 12.1 Å². The summed E-state index contributed by atoms with van der Waals surface area (Å²) in [6, 6.07) is 8.78. The van der Waals surface area contributed by atoms with E-state index in [1.54, 1.807) is 31.2 Å². The molecule has 0 aliphatic carbocycles. The van der Waals surface area contributed by atoms with Crippen molar-refractivity contribution in [3.8, 4) is 17.2 Å². The Balaban J connectivity index is 2.19. The number of anilines is 1. The molecule has 0 bridgehead atoms. The van der Waals surface area contributed by atoms with Gasteiger partial charge in [-0.3, -0.25) is 14.9 Å². The van der Waals surface area contributed by atoms with Gasteiger partial charge in [-0.15, -0.1) is 0 Å². The number of hydrogen-bond donors (Lipinski definition) is 1. The number of nitro benzene ring substituents is 1. The number of carbonyl (C=O) groups is 2. The summed E-state index contributed by atoms with van der Waals surface area (Å²) in [7, 11) is 2.84. The zero-order valence-electron chi connectivity index (χ0n) is 17.0. The van der Waals surface area contributed by atoms with Crippen molar-refractivity contribution in [1.29, 1.82) is 0 Å². The van der Waals surface area contributed by atoms with Crippen molar-refractivity contribution >= 4 is 23.3 Å². The van der Waals surface area contributed by atoms with Gasteiger partial charge in [0.05, 0.1) is 31.8 Å². The van der Waals surface area contributed by atoms with Crippen molar-refractivity contribution in [2.45, 2.75) is 20.0 Å². The van der Waals surface area contributed by atoms with Crippen LogP contribution in [0, 0.1) is 10.1 Å². The molecule has 10 heteroatoms. The van der Waals surface area contributed by atoms with E-state index in [4.69, 9.17) is 18.9 Å². The monoisotopic (exact) mass is 418 g/mol. The van der Waals surface area contributed by atoms with Gasteiger partial charge in [0.15, 0.2) is 17.6 Å². The number of carbonyl (C=O) groups excluding carboxylic acids is 2. The number of rotatable bonds is 9. The minimum atomic E-state index is -1.21. The smallest absolute Gasteiger partial charge is 0.346 e. The molecule has 160 valence electrons. The summed E-state index contributed by atoms with van der Waals surface area (Å²) in [6.45, 7) is 3.32. The number of esters is 1. The average molecular weight is 418 g/mol. The fourth-order valence-corrected chi connectivity index (χ4v) is 2.49. The van der Waals surface area contributed by atoms with E-state index in [1.165, 1.54) is 21.1 Å². The molecule has 0 spiro atoms. The molecule has 1 amide bonds. The van der Waals surface area contributed by atoms with Gasteiger partial charge in [-0.05, 0) is 38.1 Å². The van der Waals surface area contributed by atoms with Gasteiger partial charge in [-0.1, -0.05) is 0 Å². The first kappa shape index (κ1) is 22.5. The standard InChI is InChI=1S/C20H22N2O8/c1-5-29-18-10-15(16(22(25)26)11-17(18)28-4)20(24)30-12(2)19(23)21-13-6-8-14(27-3)9-7-13/h6-12H,5H2,1-4H3,(H,21,23)/t12-/m1/s1. The molecule has 0 saturated heterocycles. The van der Waals surface area contributed by atoms with E-state index in [-0.39, 0.29) is 23.7 Å². The number of ether oxygens (including phenoxy) is 4. The van der Waals surface area contributed by atoms with E-state index in [2.05, 4.69) is 5.32 Å². The average Bonchev–Trinajstić information content (AvgIpc) is 2.73. The molecule has 0 radical (unpaired) electrons. The normalized spacial score (nSPS) is 11.2. The Hall–Kier alpha value is -3.82. The molecule has 2 aromatic carbocycles. The third-order valence-electron chi connectivity index (χ3n) is 4.01. The summed E-state index contributed by atoms with van der Waals surface area (Å²) in [5.74, 6) is -0.778. The number of methoxy groups -OCH3 is 2. The third-order valence-corrected chi connectivity index (χ3v) is 4.01. The Labute approximate surface area is 172 Å². The van der Waals surface area contributed by atoms with Gasteiger partial charge in [-0.25, -0.2) is 4.79 Å². The molecular formula is C20H22N2O8. The lowest BCUT2D eigenvalue weighted by molar-refractivity contribution is -0.385. The van der Waals surface area contributed by atoms with Crippen molar-refractivity contribution in [1.82, 2.24) is 0 Å². The highest BCUT2D eigenvalue weighted by Crippen LogP contribution is 2.35. The van der Waals surface area contributed by atoms with E-state index in [1.807, 2.05) is 0 Å². The maximum Gasteiger partial charge on any atom is 0.346 e. The Kier molecular flexibility index (Phi) is 7.56. The van der Waals surface area contributed by atoms with Crippen molar-refractivity contribution in [3.05, 3.63) is 52.1 Å². The lowest BCUT2D eigenvalue weighted by Crippen LogP contribution is -2.30. The number of benzene rings is 2.